The normalized spacial score (nSPS) is 10.5. The Bertz CT molecular complexity index is 638. The van der Waals surface area contributed by atoms with Crippen molar-refractivity contribution in [1.82, 2.24) is 0 Å². The molecule has 4 nitrogen and oxygen atoms in total. The van der Waals surface area contributed by atoms with Crippen molar-refractivity contribution in [2.75, 3.05) is 12.4 Å². The number of benzene rings is 2. The highest BCUT2D eigenvalue weighted by Gasteiger charge is 2.06. The van der Waals surface area contributed by atoms with Crippen molar-refractivity contribution >= 4 is 5.69 Å². The Balaban J connectivity index is 2.15. The number of methoxy groups -OCH3 is 1. The van der Waals surface area contributed by atoms with Gasteiger partial charge in [-0.15, -0.1) is 0 Å². The number of anilines is 1. The van der Waals surface area contributed by atoms with Crippen molar-refractivity contribution in [3.63, 3.8) is 0 Å². The first-order valence-electron chi connectivity index (χ1n) is 6.86. The number of aliphatic hydroxyl groups is 1. The van der Waals surface area contributed by atoms with Crippen LogP contribution in [0.4, 0.5) is 5.69 Å². The summed E-state index contributed by atoms with van der Waals surface area (Å²) in [6.07, 6.45) is 0. The van der Waals surface area contributed by atoms with Crippen LogP contribution < -0.4 is 10.1 Å². The number of phenolic OH excluding ortho intramolecular Hbond substituents is 1. The monoisotopic (exact) mass is 287 g/mol. The van der Waals surface area contributed by atoms with E-state index < -0.39 is 0 Å². The van der Waals surface area contributed by atoms with Crippen molar-refractivity contribution in [3.05, 3.63) is 52.6 Å². The molecule has 3 N–H and O–H groups in total. The Hall–Kier alpha value is -2.20. The molecule has 0 radical (unpaired) electrons. The Morgan fingerprint density at radius 2 is 1.76 bits per heavy atom. The lowest BCUT2D eigenvalue weighted by Gasteiger charge is -2.13. The quantitative estimate of drug-likeness (QED) is 0.790. The van der Waals surface area contributed by atoms with E-state index in [0.29, 0.717) is 18.0 Å². The molecule has 0 saturated carbocycles. The zero-order chi connectivity index (χ0) is 15.4. The molecular formula is C17H21NO3. The highest BCUT2D eigenvalue weighted by atomic mass is 16.5. The number of phenols is 1. The molecule has 0 spiro atoms. The molecule has 21 heavy (non-hydrogen) atoms. The lowest BCUT2D eigenvalue weighted by Crippen LogP contribution is -2.02. The highest BCUT2D eigenvalue weighted by Crippen LogP contribution is 2.25. The molecular weight excluding hydrogens is 266 g/mol. The van der Waals surface area contributed by atoms with Gasteiger partial charge in [-0.3, -0.25) is 0 Å². The topological polar surface area (TPSA) is 61.7 Å². The minimum Gasteiger partial charge on any atom is -0.508 e. The molecule has 0 amide bonds. The lowest BCUT2D eigenvalue weighted by atomic mass is 10.0. The van der Waals surface area contributed by atoms with Gasteiger partial charge in [0.2, 0.25) is 0 Å². The first kappa shape index (κ1) is 15.2. The number of nitrogens with one attached hydrogen (secondary N) is 1. The molecule has 0 saturated heterocycles. The number of aryl methyl sites for hydroxylation is 2. The van der Waals surface area contributed by atoms with Crippen molar-refractivity contribution in [2.45, 2.75) is 27.0 Å². The van der Waals surface area contributed by atoms with Gasteiger partial charge >= 0.3 is 0 Å². The average molecular weight is 287 g/mol. The summed E-state index contributed by atoms with van der Waals surface area (Å²) in [6, 6.07) is 9.30. The Labute approximate surface area is 125 Å². The summed E-state index contributed by atoms with van der Waals surface area (Å²) in [5.74, 6) is 0.957. The second-order valence-corrected chi connectivity index (χ2v) is 5.10. The van der Waals surface area contributed by atoms with Crippen LogP contribution >= 0.6 is 0 Å². The summed E-state index contributed by atoms with van der Waals surface area (Å²) >= 11 is 0. The van der Waals surface area contributed by atoms with Crippen molar-refractivity contribution in [2.24, 2.45) is 0 Å². The van der Waals surface area contributed by atoms with Crippen LogP contribution in [0.2, 0.25) is 0 Å². The molecule has 0 aliphatic heterocycles. The third kappa shape index (κ3) is 3.47. The minimum absolute atomic E-state index is 0.0758. The van der Waals surface area contributed by atoms with Crippen LogP contribution in [0.15, 0.2) is 30.3 Å². The zero-order valence-electron chi connectivity index (χ0n) is 12.6. The van der Waals surface area contributed by atoms with Crippen LogP contribution in [0, 0.1) is 13.8 Å². The second-order valence-electron chi connectivity index (χ2n) is 5.10. The van der Waals surface area contributed by atoms with Gasteiger partial charge in [0.25, 0.3) is 0 Å². The number of hydrogen-bond donors (Lipinski definition) is 3. The first-order valence-corrected chi connectivity index (χ1v) is 6.86. The smallest absolute Gasteiger partial charge is 0.124 e. The summed E-state index contributed by atoms with van der Waals surface area (Å²) in [5, 5.41) is 22.5. The molecule has 2 aromatic carbocycles. The van der Waals surface area contributed by atoms with E-state index in [1.54, 1.807) is 13.2 Å². The van der Waals surface area contributed by atoms with Gasteiger partial charge in [0.05, 0.1) is 13.7 Å². The summed E-state index contributed by atoms with van der Waals surface area (Å²) in [7, 11) is 1.58. The van der Waals surface area contributed by atoms with E-state index in [-0.39, 0.29) is 6.61 Å². The number of aliphatic hydroxyl groups excluding tert-OH is 1. The van der Waals surface area contributed by atoms with Gasteiger partial charge in [-0.2, -0.15) is 0 Å². The maximum absolute atomic E-state index is 9.98. The minimum atomic E-state index is -0.0758. The SMILES string of the molecule is COc1ccc(NCc2cc(C)c(C)cc2O)cc1CO. The molecule has 0 atom stereocenters. The standard InChI is InChI=1S/C17H21NO3/c1-11-6-13(16(20)7-12(11)2)9-18-15-4-5-17(21-3)14(8-15)10-19/h4-8,18-20H,9-10H2,1-3H3. The molecule has 0 aromatic heterocycles. The van der Waals surface area contributed by atoms with Gasteiger partial charge in [-0.25, -0.2) is 0 Å². The van der Waals surface area contributed by atoms with E-state index in [9.17, 15) is 10.2 Å². The van der Waals surface area contributed by atoms with Gasteiger partial charge in [-0.05, 0) is 49.2 Å². The van der Waals surface area contributed by atoms with Gasteiger partial charge in [0, 0.05) is 23.4 Å². The van der Waals surface area contributed by atoms with E-state index in [1.807, 2.05) is 38.1 Å². The molecule has 0 heterocycles. The van der Waals surface area contributed by atoms with Crippen molar-refractivity contribution in [1.29, 1.82) is 0 Å². The molecule has 2 aromatic rings. The van der Waals surface area contributed by atoms with Gasteiger partial charge < -0.3 is 20.3 Å². The molecule has 112 valence electrons. The summed E-state index contributed by atoms with van der Waals surface area (Å²) in [6.45, 7) is 4.44. The maximum atomic E-state index is 9.98. The van der Waals surface area contributed by atoms with Gasteiger partial charge in [0.1, 0.15) is 11.5 Å². The average Bonchev–Trinajstić information content (AvgIpc) is 2.49. The van der Waals surface area contributed by atoms with E-state index in [0.717, 1.165) is 27.9 Å². The molecule has 0 bridgehead atoms. The molecule has 0 aliphatic rings. The highest BCUT2D eigenvalue weighted by molar-refractivity contribution is 5.52. The van der Waals surface area contributed by atoms with E-state index in [4.69, 9.17) is 4.74 Å². The zero-order valence-corrected chi connectivity index (χ0v) is 12.6. The van der Waals surface area contributed by atoms with Crippen LogP contribution in [-0.2, 0) is 13.2 Å². The number of ether oxygens (including phenoxy) is 1. The van der Waals surface area contributed by atoms with Crippen molar-refractivity contribution < 1.29 is 14.9 Å². The predicted octanol–water partition coefficient (Wildman–Crippen LogP) is 3.12. The summed E-state index contributed by atoms with van der Waals surface area (Å²) in [5.41, 5.74) is 4.67. The number of hydrogen-bond acceptors (Lipinski definition) is 4. The fourth-order valence-electron chi connectivity index (χ4n) is 2.21. The second kappa shape index (κ2) is 6.50. The van der Waals surface area contributed by atoms with Gasteiger partial charge in [0.15, 0.2) is 0 Å². The summed E-state index contributed by atoms with van der Waals surface area (Å²) in [4.78, 5) is 0. The van der Waals surface area contributed by atoms with Crippen LogP contribution in [0.3, 0.4) is 0 Å². The summed E-state index contributed by atoms with van der Waals surface area (Å²) < 4.78 is 5.17. The van der Waals surface area contributed by atoms with Crippen molar-refractivity contribution in [3.8, 4) is 11.5 Å². The predicted molar refractivity (Wildman–Crippen MR) is 83.8 cm³/mol. The largest absolute Gasteiger partial charge is 0.508 e. The van der Waals surface area contributed by atoms with Gasteiger partial charge in [-0.1, -0.05) is 6.07 Å². The lowest BCUT2D eigenvalue weighted by molar-refractivity contribution is 0.274. The van der Waals surface area contributed by atoms with E-state index in [1.165, 1.54) is 0 Å². The van der Waals surface area contributed by atoms with Crippen LogP contribution in [-0.4, -0.2) is 17.3 Å². The number of aromatic hydroxyl groups is 1. The fraction of sp³-hybridized carbons (Fsp3) is 0.294. The molecule has 0 fully saturated rings. The maximum Gasteiger partial charge on any atom is 0.124 e. The van der Waals surface area contributed by atoms with E-state index in [2.05, 4.69) is 5.32 Å². The third-order valence-electron chi connectivity index (χ3n) is 3.63. The molecule has 2 rings (SSSR count). The first-order chi connectivity index (χ1) is 10.0. The Morgan fingerprint density at radius 1 is 1.05 bits per heavy atom. The third-order valence-corrected chi connectivity index (χ3v) is 3.63. The molecule has 0 unspecified atom stereocenters. The Morgan fingerprint density at radius 3 is 2.43 bits per heavy atom. The van der Waals surface area contributed by atoms with Crippen LogP contribution in [0.1, 0.15) is 22.3 Å². The van der Waals surface area contributed by atoms with Crippen LogP contribution in [0.5, 0.6) is 11.5 Å². The van der Waals surface area contributed by atoms with Crippen LogP contribution in [0.25, 0.3) is 0 Å². The fourth-order valence-corrected chi connectivity index (χ4v) is 2.21. The molecule has 0 aliphatic carbocycles. The number of rotatable bonds is 5. The van der Waals surface area contributed by atoms with E-state index >= 15 is 0 Å². The Kier molecular flexibility index (Phi) is 4.70. The molecule has 4 heteroatoms.